The summed E-state index contributed by atoms with van der Waals surface area (Å²) in [5.41, 5.74) is 0.421. The summed E-state index contributed by atoms with van der Waals surface area (Å²) in [5, 5.41) is 2.61. The average molecular weight is 394 g/mol. The summed E-state index contributed by atoms with van der Waals surface area (Å²) in [6, 6.07) is 5.58. The Morgan fingerprint density at radius 1 is 1.19 bits per heavy atom. The largest absolute Gasteiger partial charge is 0.453 e. The highest BCUT2D eigenvalue weighted by molar-refractivity contribution is 7.89. The van der Waals surface area contributed by atoms with Gasteiger partial charge in [0, 0.05) is 11.7 Å². The van der Waals surface area contributed by atoms with Crippen LogP contribution < -0.4 is 10.0 Å². The molecule has 1 aliphatic rings. The lowest BCUT2D eigenvalue weighted by Crippen LogP contribution is -2.31. The van der Waals surface area contributed by atoms with Gasteiger partial charge in [0.25, 0.3) is 5.91 Å². The second kappa shape index (κ2) is 9.14. The molecule has 1 aliphatic carbocycles. The first kappa shape index (κ1) is 21.1. The number of nitrogens with one attached hydrogen (secondary N) is 2. The van der Waals surface area contributed by atoms with Gasteiger partial charge in [-0.15, -0.1) is 0 Å². The fourth-order valence-electron chi connectivity index (χ4n) is 2.72. The van der Waals surface area contributed by atoms with Crippen LogP contribution in [0.4, 0.5) is 5.69 Å². The van der Waals surface area contributed by atoms with Crippen molar-refractivity contribution in [2.24, 2.45) is 5.92 Å². The number of anilines is 1. The molecular weight excluding hydrogens is 368 g/mol. The van der Waals surface area contributed by atoms with Gasteiger partial charge in [-0.1, -0.05) is 12.2 Å². The van der Waals surface area contributed by atoms with E-state index in [1.165, 1.54) is 31.2 Å². The van der Waals surface area contributed by atoms with E-state index in [-0.39, 0.29) is 23.3 Å². The van der Waals surface area contributed by atoms with Gasteiger partial charge in [-0.05, 0) is 63.8 Å². The van der Waals surface area contributed by atoms with Crippen LogP contribution in [0.1, 0.15) is 40.0 Å². The second-order valence-corrected chi connectivity index (χ2v) is 8.61. The standard InChI is InChI=1S/C19H26N2O5S/c1-13(2)21-27(24,25)17-10-8-16(9-11-17)20-19(23)14(3)26-18(22)12-15-6-4-5-7-15/h4,6,8-11,13-15,21H,5,7,12H2,1-3H3,(H,20,23)/t14-,15+/m1/s1. The van der Waals surface area contributed by atoms with Crippen molar-refractivity contribution in [3.63, 3.8) is 0 Å². The van der Waals surface area contributed by atoms with E-state index in [1.54, 1.807) is 13.8 Å². The highest BCUT2D eigenvalue weighted by Crippen LogP contribution is 2.21. The molecule has 0 fully saturated rings. The molecule has 0 heterocycles. The Bertz CT molecular complexity index is 800. The van der Waals surface area contributed by atoms with Crippen molar-refractivity contribution in [2.75, 3.05) is 5.32 Å². The van der Waals surface area contributed by atoms with E-state index in [2.05, 4.69) is 10.0 Å². The molecule has 148 valence electrons. The third-order valence-corrected chi connectivity index (χ3v) is 5.72. The minimum Gasteiger partial charge on any atom is -0.453 e. The van der Waals surface area contributed by atoms with Crippen LogP contribution >= 0.6 is 0 Å². The van der Waals surface area contributed by atoms with Crippen LogP contribution in [-0.4, -0.2) is 32.4 Å². The zero-order valence-electron chi connectivity index (χ0n) is 15.8. The average Bonchev–Trinajstić information content (AvgIpc) is 3.06. The molecule has 2 N–H and O–H groups in total. The third-order valence-electron chi connectivity index (χ3n) is 4.04. The van der Waals surface area contributed by atoms with Gasteiger partial charge in [-0.2, -0.15) is 0 Å². The molecule has 0 bridgehead atoms. The number of amides is 1. The van der Waals surface area contributed by atoms with Gasteiger partial charge in [0.15, 0.2) is 6.10 Å². The minimum absolute atomic E-state index is 0.110. The molecule has 27 heavy (non-hydrogen) atoms. The molecule has 0 saturated carbocycles. The molecule has 1 aromatic carbocycles. The number of esters is 1. The predicted octanol–water partition coefficient (Wildman–Crippen LogP) is 2.60. The summed E-state index contributed by atoms with van der Waals surface area (Å²) in [6.07, 6.45) is 5.26. The first-order valence-corrected chi connectivity index (χ1v) is 10.4. The molecule has 0 unspecified atom stereocenters. The molecule has 0 saturated heterocycles. The number of hydrogen-bond donors (Lipinski definition) is 2. The van der Waals surface area contributed by atoms with Crippen molar-refractivity contribution in [3.8, 4) is 0 Å². The number of sulfonamides is 1. The summed E-state index contributed by atoms with van der Waals surface area (Å²) < 4.78 is 31.8. The first-order chi connectivity index (χ1) is 12.7. The van der Waals surface area contributed by atoms with Gasteiger partial charge < -0.3 is 10.1 Å². The van der Waals surface area contributed by atoms with Crippen molar-refractivity contribution in [3.05, 3.63) is 36.4 Å². The molecule has 0 spiro atoms. The Hall–Kier alpha value is -2.19. The Morgan fingerprint density at radius 2 is 1.85 bits per heavy atom. The molecule has 1 aromatic rings. The van der Waals surface area contributed by atoms with E-state index in [9.17, 15) is 18.0 Å². The zero-order valence-corrected chi connectivity index (χ0v) is 16.6. The summed E-state index contributed by atoms with van der Waals surface area (Å²) in [5.74, 6) is -0.696. The fourth-order valence-corrected chi connectivity index (χ4v) is 3.97. The van der Waals surface area contributed by atoms with Crippen LogP contribution in [0.3, 0.4) is 0 Å². The molecule has 0 aromatic heterocycles. The third kappa shape index (κ3) is 6.48. The number of carbonyl (C=O) groups is 2. The van der Waals surface area contributed by atoms with Crippen molar-refractivity contribution in [1.82, 2.24) is 4.72 Å². The molecule has 7 nitrogen and oxygen atoms in total. The summed E-state index contributed by atoms with van der Waals surface area (Å²) in [6.45, 7) is 4.97. The maximum Gasteiger partial charge on any atom is 0.307 e. The smallest absolute Gasteiger partial charge is 0.307 e. The lowest BCUT2D eigenvalue weighted by atomic mass is 10.1. The van der Waals surface area contributed by atoms with E-state index in [0.29, 0.717) is 5.69 Å². The van der Waals surface area contributed by atoms with Gasteiger partial charge in [0.05, 0.1) is 11.3 Å². The Balaban J connectivity index is 1.89. The molecule has 0 radical (unpaired) electrons. The van der Waals surface area contributed by atoms with Gasteiger partial charge >= 0.3 is 5.97 Å². The van der Waals surface area contributed by atoms with Crippen LogP contribution in [-0.2, 0) is 24.3 Å². The minimum atomic E-state index is -3.59. The molecule has 1 amide bonds. The van der Waals surface area contributed by atoms with Crippen LogP contribution in [0.15, 0.2) is 41.3 Å². The topological polar surface area (TPSA) is 102 Å². The van der Waals surface area contributed by atoms with Crippen LogP contribution in [0, 0.1) is 5.92 Å². The molecule has 8 heteroatoms. The summed E-state index contributed by atoms with van der Waals surface area (Å²) in [7, 11) is -3.59. The molecule has 0 aliphatic heterocycles. The van der Waals surface area contributed by atoms with Crippen molar-refractivity contribution in [1.29, 1.82) is 0 Å². The van der Waals surface area contributed by atoms with Crippen LogP contribution in [0.2, 0.25) is 0 Å². The lowest BCUT2D eigenvalue weighted by molar-refractivity contribution is -0.153. The molecule has 2 rings (SSSR count). The highest BCUT2D eigenvalue weighted by Gasteiger charge is 2.21. The number of benzene rings is 1. The van der Waals surface area contributed by atoms with E-state index in [1.807, 2.05) is 12.2 Å². The first-order valence-electron chi connectivity index (χ1n) is 8.97. The summed E-state index contributed by atoms with van der Waals surface area (Å²) >= 11 is 0. The number of rotatable bonds is 8. The normalized spacial score (nSPS) is 17.7. The maximum atomic E-state index is 12.2. The van der Waals surface area contributed by atoms with Gasteiger partial charge in [0.1, 0.15) is 0 Å². The van der Waals surface area contributed by atoms with Crippen LogP contribution in [0.5, 0.6) is 0 Å². The van der Waals surface area contributed by atoms with Crippen LogP contribution in [0.25, 0.3) is 0 Å². The Labute approximate surface area is 160 Å². The lowest BCUT2D eigenvalue weighted by Gasteiger charge is -2.15. The highest BCUT2D eigenvalue weighted by atomic mass is 32.2. The van der Waals surface area contributed by atoms with Gasteiger partial charge in [0.2, 0.25) is 10.0 Å². The quantitative estimate of drug-likeness (QED) is 0.521. The number of hydrogen-bond acceptors (Lipinski definition) is 5. The van der Waals surface area contributed by atoms with E-state index in [4.69, 9.17) is 4.74 Å². The number of ether oxygens (including phenoxy) is 1. The van der Waals surface area contributed by atoms with Crippen molar-refractivity contribution in [2.45, 2.75) is 57.1 Å². The predicted molar refractivity (Wildman–Crippen MR) is 103 cm³/mol. The van der Waals surface area contributed by atoms with Gasteiger partial charge in [-0.25, -0.2) is 13.1 Å². The number of allylic oxidation sites excluding steroid dienone is 2. The van der Waals surface area contributed by atoms with E-state index in [0.717, 1.165) is 12.8 Å². The number of carbonyl (C=O) groups excluding carboxylic acids is 2. The Morgan fingerprint density at radius 3 is 2.41 bits per heavy atom. The second-order valence-electron chi connectivity index (χ2n) is 6.89. The zero-order chi connectivity index (χ0) is 20.0. The van der Waals surface area contributed by atoms with E-state index >= 15 is 0 Å². The van der Waals surface area contributed by atoms with Gasteiger partial charge in [-0.3, -0.25) is 9.59 Å². The molecule has 2 atom stereocenters. The maximum absolute atomic E-state index is 12.2. The van der Waals surface area contributed by atoms with Crippen molar-refractivity contribution >= 4 is 27.6 Å². The summed E-state index contributed by atoms with van der Waals surface area (Å²) in [4.78, 5) is 24.2. The van der Waals surface area contributed by atoms with E-state index < -0.39 is 28.0 Å². The van der Waals surface area contributed by atoms with Crippen molar-refractivity contribution < 1.29 is 22.7 Å². The SMILES string of the molecule is CC(C)NS(=O)(=O)c1ccc(NC(=O)[C@@H](C)OC(=O)C[C@H]2C=CCC2)cc1. The monoisotopic (exact) mass is 394 g/mol. The Kier molecular flexibility index (Phi) is 7.15. The molecular formula is C19H26N2O5S. The fraction of sp³-hybridized carbons (Fsp3) is 0.474.